The van der Waals surface area contributed by atoms with Crippen molar-refractivity contribution in [1.29, 1.82) is 0 Å². The van der Waals surface area contributed by atoms with Crippen LogP contribution in [0.4, 0.5) is 0 Å². The van der Waals surface area contributed by atoms with Crippen LogP contribution in [0.3, 0.4) is 0 Å². The van der Waals surface area contributed by atoms with E-state index in [1.807, 2.05) is 0 Å². The minimum absolute atomic E-state index is 0.219. The summed E-state index contributed by atoms with van der Waals surface area (Å²) in [6, 6.07) is 0.923. The van der Waals surface area contributed by atoms with Crippen LogP contribution in [0.15, 0.2) is 0 Å². The molecule has 2 fully saturated rings. The van der Waals surface area contributed by atoms with E-state index >= 15 is 0 Å². The molecule has 0 amide bonds. The van der Waals surface area contributed by atoms with E-state index in [4.69, 9.17) is 5.11 Å². The van der Waals surface area contributed by atoms with E-state index in [1.165, 1.54) is 6.42 Å². The zero-order chi connectivity index (χ0) is 9.26. The normalized spacial score (nSPS) is 34.5. The van der Waals surface area contributed by atoms with Crippen LogP contribution in [-0.4, -0.2) is 47.7 Å². The van der Waals surface area contributed by atoms with Gasteiger partial charge in [-0.1, -0.05) is 6.42 Å². The molecule has 2 rings (SSSR count). The highest BCUT2D eigenvalue weighted by Gasteiger charge is 2.34. The number of hydrogen-bond acceptors (Lipinski definition) is 3. The molecule has 2 N–H and O–H groups in total. The summed E-state index contributed by atoms with van der Waals surface area (Å²) in [5, 5.41) is 12.1. The predicted octanol–water partition coefficient (Wildman–Crippen LogP) is -0.103. The Morgan fingerprint density at radius 3 is 2.54 bits per heavy atom. The van der Waals surface area contributed by atoms with Gasteiger partial charge in [0, 0.05) is 25.2 Å². The number of nitrogens with zero attached hydrogens (tertiary/aromatic N) is 1. The van der Waals surface area contributed by atoms with Crippen LogP contribution in [0, 0.1) is 0 Å². The highest BCUT2D eigenvalue weighted by Crippen LogP contribution is 2.24. The molecule has 2 saturated heterocycles. The van der Waals surface area contributed by atoms with E-state index in [9.17, 15) is 4.79 Å². The number of hydrogen-bond donors (Lipinski definition) is 2. The molecule has 13 heavy (non-hydrogen) atoms. The molecule has 0 aromatic rings. The molecule has 74 valence electrons. The van der Waals surface area contributed by atoms with Gasteiger partial charge in [-0.05, 0) is 12.8 Å². The number of fused-ring (bicyclic) bond motifs is 2. The average Bonchev–Trinajstić information content (AvgIpc) is 2.02. The molecule has 2 aliphatic rings. The number of carbonyl (C=O) groups is 1. The summed E-state index contributed by atoms with van der Waals surface area (Å²) in [5.74, 6) is -0.696. The lowest BCUT2D eigenvalue weighted by atomic mass is 9.92. The maximum absolute atomic E-state index is 10.6. The molecule has 0 aromatic carbocycles. The van der Waals surface area contributed by atoms with Gasteiger partial charge in [-0.15, -0.1) is 0 Å². The summed E-state index contributed by atoms with van der Waals surface area (Å²) in [4.78, 5) is 12.8. The first-order valence-electron chi connectivity index (χ1n) is 4.95. The largest absolute Gasteiger partial charge is 0.480 e. The van der Waals surface area contributed by atoms with Gasteiger partial charge in [-0.3, -0.25) is 9.69 Å². The molecule has 0 aliphatic carbocycles. The average molecular weight is 184 g/mol. The number of rotatable bonds is 2. The second kappa shape index (κ2) is 3.64. The van der Waals surface area contributed by atoms with Gasteiger partial charge in [0.15, 0.2) is 0 Å². The smallest absolute Gasteiger partial charge is 0.317 e. The van der Waals surface area contributed by atoms with Crippen LogP contribution in [0.25, 0.3) is 0 Å². The molecule has 4 nitrogen and oxygen atoms in total. The van der Waals surface area contributed by atoms with Gasteiger partial charge in [0.25, 0.3) is 0 Å². The molecule has 0 spiro atoms. The third kappa shape index (κ3) is 1.84. The maximum Gasteiger partial charge on any atom is 0.317 e. The van der Waals surface area contributed by atoms with Crippen molar-refractivity contribution in [2.24, 2.45) is 0 Å². The SMILES string of the molecule is O=C(O)CN1C2CCCC1CNC2. The highest BCUT2D eigenvalue weighted by molar-refractivity contribution is 5.69. The van der Waals surface area contributed by atoms with Gasteiger partial charge in [-0.2, -0.15) is 0 Å². The molecule has 0 aromatic heterocycles. The molecule has 2 atom stereocenters. The Labute approximate surface area is 77.9 Å². The number of nitrogens with one attached hydrogen (secondary N) is 1. The topological polar surface area (TPSA) is 52.6 Å². The molecular weight excluding hydrogens is 168 g/mol. The molecule has 2 aliphatic heterocycles. The van der Waals surface area contributed by atoms with E-state index in [0.29, 0.717) is 12.1 Å². The van der Waals surface area contributed by atoms with Crippen LogP contribution in [0.1, 0.15) is 19.3 Å². The van der Waals surface area contributed by atoms with E-state index < -0.39 is 5.97 Å². The first-order chi connectivity index (χ1) is 6.27. The van der Waals surface area contributed by atoms with Gasteiger partial charge in [0.1, 0.15) is 0 Å². The Kier molecular flexibility index (Phi) is 2.51. The summed E-state index contributed by atoms with van der Waals surface area (Å²) in [6.45, 7) is 2.14. The number of carboxylic acid groups (broad SMARTS) is 1. The minimum Gasteiger partial charge on any atom is -0.480 e. The zero-order valence-corrected chi connectivity index (χ0v) is 7.70. The lowest BCUT2D eigenvalue weighted by Crippen LogP contribution is -2.60. The monoisotopic (exact) mass is 184 g/mol. The van der Waals surface area contributed by atoms with Crippen molar-refractivity contribution in [1.82, 2.24) is 10.2 Å². The van der Waals surface area contributed by atoms with Crippen LogP contribution < -0.4 is 5.32 Å². The van der Waals surface area contributed by atoms with E-state index in [2.05, 4.69) is 10.2 Å². The Morgan fingerprint density at radius 2 is 2.00 bits per heavy atom. The van der Waals surface area contributed by atoms with Crippen molar-refractivity contribution in [2.75, 3.05) is 19.6 Å². The molecule has 4 heteroatoms. The minimum atomic E-state index is -0.696. The molecule has 0 radical (unpaired) electrons. The number of piperazine rings is 1. The quantitative estimate of drug-likeness (QED) is 0.629. The Bertz CT molecular complexity index is 186. The van der Waals surface area contributed by atoms with Crippen molar-refractivity contribution < 1.29 is 9.90 Å². The molecule has 2 bridgehead atoms. The van der Waals surface area contributed by atoms with Crippen LogP contribution in [0.2, 0.25) is 0 Å². The lowest BCUT2D eigenvalue weighted by molar-refractivity contribution is -0.140. The van der Waals surface area contributed by atoms with Crippen molar-refractivity contribution in [3.63, 3.8) is 0 Å². The van der Waals surface area contributed by atoms with Gasteiger partial charge in [0.2, 0.25) is 0 Å². The highest BCUT2D eigenvalue weighted by atomic mass is 16.4. The van der Waals surface area contributed by atoms with Gasteiger partial charge < -0.3 is 10.4 Å². The summed E-state index contributed by atoms with van der Waals surface area (Å²) in [7, 11) is 0. The van der Waals surface area contributed by atoms with E-state index in [1.54, 1.807) is 0 Å². The zero-order valence-electron chi connectivity index (χ0n) is 7.70. The number of aliphatic carboxylic acids is 1. The van der Waals surface area contributed by atoms with Gasteiger partial charge in [-0.25, -0.2) is 0 Å². The van der Waals surface area contributed by atoms with Crippen molar-refractivity contribution >= 4 is 5.97 Å². The fraction of sp³-hybridized carbons (Fsp3) is 0.889. The van der Waals surface area contributed by atoms with E-state index in [0.717, 1.165) is 25.9 Å². The Morgan fingerprint density at radius 1 is 1.38 bits per heavy atom. The second-order valence-electron chi connectivity index (χ2n) is 3.96. The molecule has 2 heterocycles. The van der Waals surface area contributed by atoms with Crippen LogP contribution >= 0.6 is 0 Å². The first kappa shape index (κ1) is 8.97. The molecule has 2 unspecified atom stereocenters. The van der Waals surface area contributed by atoms with Crippen molar-refractivity contribution in [3.8, 4) is 0 Å². The summed E-state index contributed by atoms with van der Waals surface area (Å²) >= 11 is 0. The maximum atomic E-state index is 10.6. The van der Waals surface area contributed by atoms with Crippen LogP contribution in [0.5, 0.6) is 0 Å². The van der Waals surface area contributed by atoms with Gasteiger partial charge >= 0.3 is 5.97 Å². The summed E-state index contributed by atoms with van der Waals surface area (Å²) in [5.41, 5.74) is 0. The third-order valence-electron chi connectivity index (χ3n) is 3.09. The van der Waals surface area contributed by atoms with E-state index in [-0.39, 0.29) is 6.54 Å². The third-order valence-corrected chi connectivity index (χ3v) is 3.09. The predicted molar refractivity (Wildman–Crippen MR) is 48.6 cm³/mol. The Hall–Kier alpha value is -0.610. The van der Waals surface area contributed by atoms with Crippen molar-refractivity contribution in [2.45, 2.75) is 31.3 Å². The second-order valence-corrected chi connectivity index (χ2v) is 3.96. The Balaban J connectivity index is 2.02. The van der Waals surface area contributed by atoms with Gasteiger partial charge in [0.05, 0.1) is 6.54 Å². The number of piperidine rings is 1. The van der Waals surface area contributed by atoms with Crippen molar-refractivity contribution in [3.05, 3.63) is 0 Å². The standard InChI is InChI=1S/C9H16N2O2/c12-9(13)6-11-7-2-1-3-8(11)5-10-4-7/h7-8,10H,1-6H2,(H,12,13). The first-order valence-corrected chi connectivity index (χ1v) is 4.95. The lowest BCUT2D eigenvalue weighted by Gasteiger charge is -2.45. The summed E-state index contributed by atoms with van der Waals surface area (Å²) in [6.07, 6.45) is 3.56. The fourth-order valence-electron chi connectivity index (χ4n) is 2.49. The van der Waals surface area contributed by atoms with Crippen LogP contribution in [-0.2, 0) is 4.79 Å². The summed E-state index contributed by atoms with van der Waals surface area (Å²) < 4.78 is 0. The number of carboxylic acids is 1. The fourth-order valence-corrected chi connectivity index (χ4v) is 2.49. The molecular formula is C9H16N2O2. The molecule has 0 saturated carbocycles.